The first-order valence-electron chi connectivity index (χ1n) is 28.9. The summed E-state index contributed by atoms with van der Waals surface area (Å²) in [6, 6.07) is 0. The Labute approximate surface area is 603 Å². The van der Waals surface area contributed by atoms with Gasteiger partial charge in [0.2, 0.25) is 16.6 Å². The fourth-order valence-corrected chi connectivity index (χ4v) is 63.4. The van der Waals surface area contributed by atoms with Crippen molar-refractivity contribution in [1.82, 2.24) is 0 Å². The minimum atomic E-state index is -4.74. The standard InChI is InChI=1S/C40H80O12Si13.C5H12O3Si.C5H12O2Si.C3H9Si.C2H5S.2V/c1-27-53(14,15)40-61(35-9)45-60(26,34-8)48-62(36-10,43-56(20,21)30-4)50-63(37-11,44-57(22,23)31-5)51-65(39-13,47-59(25,33-7)42-55(18,19)29-3)52-64(38-12,49-61)46-58(24,32-6)41-54(16,17)28-2;1-5-9(6-2,7-3)8-4;1-5-8(4,6-2)7-3;1-4(2)3;1-2-3;;/h27-39H,1-13,40H2,14-26H3;5H,1H2,2-4H3;5H,1H2,2-4H3;1-3H3;3H,1-2H2;;/q;;;;-1;;/i;;;;1D;;. The molecule has 1 aliphatic heterocycles. The van der Waals surface area contributed by atoms with E-state index in [2.05, 4.69) is 144 Å². The Balaban J connectivity index is -0.000000571. The molecule has 1 aliphatic rings. The number of hydrogen-bond acceptors (Lipinski definition) is 18. The molecule has 1 rings (SSSR count). The van der Waals surface area contributed by atoms with E-state index in [0.717, 1.165) is 0 Å². The summed E-state index contributed by atoms with van der Waals surface area (Å²) in [6.45, 7) is 97.6. The van der Waals surface area contributed by atoms with E-state index in [0.29, 0.717) is 11.4 Å². The van der Waals surface area contributed by atoms with Gasteiger partial charge in [0.1, 0.15) is 0 Å². The van der Waals surface area contributed by atoms with E-state index < -0.39 is 128 Å². The molecule has 0 saturated carbocycles. The van der Waals surface area contributed by atoms with Crippen LogP contribution in [0.1, 0.15) is 1.37 Å². The van der Waals surface area contributed by atoms with E-state index in [4.69, 9.17) is 72.9 Å². The third kappa shape index (κ3) is 36.9. The van der Waals surface area contributed by atoms with Crippen LogP contribution < -0.4 is 0 Å². The van der Waals surface area contributed by atoms with Crippen LogP contribution in [0, 0.1) is 6.90 Å². The molecule has 36 heteroatoms. The summed E-state index contributed by atoms with van der Waals surface area (Å²) < 4.78 is 119. The molecule has 17 nitrogen and oxygen atoms in total. The molecule has 1 heterocycles. The van der Waals surface area contributed by atoms with E-state index >= 15 is 0 Å². The van der Waals surface area contributed by atoms with Crippen LogP contribution >= 0.6 is 12.6 Å². The SMILES string of the molecule is C=C[Si](C)(C)C[Si]1(C=C)O[Si](C)(C=C)O[Si](C=C)(O[Si](C)(C)C=C)O[Si](C=C)(O[Si](C)(C)C=C)O[Si](C=C)(O[Si](C)(C=C)O[Si](C)(C)C=C)O[Si](C=C)(O[Si](C)(C=C)O[Si](C)(C)C=C)O1.C=C[Si](C)(OC)OC.C=C[Si](OC)(OC)OC.C[Si](C)C.[2H][CH-]CS.[V].[V]. The molecule has 1 saturated heterocycles. The summed E-state index contributed by atoms with van der Waals surface area (Å²) >= 11 is 3.68. The second-order valence-corrected chi connectivity index (χ2v) is 78.8. The molecule has 3 radical (unpaired) electrons. The quantitative estimate of drug-likeness (QED) is 0.0363. The largest absolute Gasteiger partial charge is 0.528 e. The molecule has 0 aromatic rings. The van der Waals surface area contributed by atoms with Crippen LogP contribution in [0.3, 0.4) is 0 Å². The summed E-state index contributed by atoms with van der Waals surface area (Å²) in [5.41, 5.74) is 25.5. The summed E-state index contributed by atoms with van der Waals surface area (Å²) in [5.74, 6) is 0.556. The van der Waals surface area contributed by atoms with Crippen molar-refractivity contribution in [3.8, 4) is 0 Å². The van der Waals surface area contributed by atoms with Gasteiger partial charge in [-0.3, -0.25) is 0 Å². The topological polar surface area (TPSA) is 157 Å². The summed E-state index contributed by atoms with van der Waals surface area (Å²) in [4.78, 5) is 0. The Morgan fingerprint density at radius 1 is 0.407 bits per heavy atom. The van der Waals surface area contributed by atoms with Crippen molar-refractivity contribution in [2.45, 2.75) is 117 Å². The molecule has 0 aromatic heterocycles. The van der Waals surface area contributed by atoms with Crippen LogP contribution in [0.25, 0.3) is 0 Å². The average molecular weight is 1640 g/mol. The van der Waals surface area contributed by atoms with Crippen LogP contribution in [0.15, 0.2) is 184 Å². The van der Waals surface area contributed by atoms with E-state index in [1.165, 1.54) is 29.7 Å². The predicted molar refractivity (Wildman–Crippen MR) is 417 cm³/mol. The Morgan fingerprint density at radius 3 is 0.901 bits per heavy atom. The maximum atomic E-state index is 7.63. The molecule has 8 atom stereocenters. The van der Waals surface area contributed by atoms with E-state index in [-0.39, 0.29) is 45.9 Å². The third-order valence-electron chi connectivity index (χ3n) is 12.3. The number of rotatable bonds is 35. The Kier molecular flexibility index (Phi) is 49.0. The zero-order valence-electron chi connectivity index (χ0n) is 60.5. The maximum Gasteiger partial charge on any atom is 0.528 e. The fraction of sp³-hybridized carbons (Fsp3) is 0.436. The first kappa shape index (κ1) is 100. The van der Waals surface area contributed by atoms with E-state index in [9.17, 15) is 0 Å². The maximum absolute atomic E-state index is 7.63. The van der Waals surface area contributed by atoms with Crippen molar-refractivity contribution in [3.63, 3.8) is 0 Å². The van der Waals surface area contributed by atoms with Crippen molar-refractivity contribution >= 4 is 150 Å². The monoisotopic (exact) mass is 1630 g/mol. The van der Waals surface area contributed by atoms with E-state index in [1.807, 2.05) is 90.0 Å². The van der Waals surface area contributed by atoms with Crippen LogP contribution in [0.5, 0.6) is 0 Å². The fourth-order valence-electron chi connectivity index (χ4n) is 6.74. The second kappa shape index (κ2) is 44.5. The van der Waals surface area contributed by atoms with Gasteiger partial charge in [-0.25, -0.2) is 14.0 Å². The third-order valence-corrected chi connectivity index (χ3v) is 66.9. The number of hydrogen-bond donors (Lipinski definition) is 1. The number of thiol groups is 1. The Morgan fingerprint density at radius 2 is 0.703 bits per heavy atom. The summed E-state index contributed by atoms with van der Waals surface area (Å²) in [5, 5.41) is 0. The van der Waals surface area contributed by atoms with Gasteiger partial charge < -0.3 is 78.4 Å². The molecule has 0 spiro atoms. The van der Waals surface area contributed by atoms with Gasteiger partial charge in [-0.05, 0) is 118 Å². The minimum absolute atomic E-state index is 0. The zero-order valence-corrected chi connectivity index (χ0v) is 79.2. The van der Waals surface area contributed by atoms with Gasteiger partial charge in [0.05, 0.1) is 8.07 Å². The molecule has 0 amide bonds. The van der Waals surface area contributed by atoms with Gasteiger partial charge in [0.15, 0.2) is 16.6 Å². The molecule has 1 fully saturated rings. The molecule has 0 bridgehead atoms. The molecule has 521 valence electrons. The van der Waals surface area contributed by atoms with Gasteiger partial charge in [-0.1, -0.05) is 84.9 Å². The summed E-state index contributed by atoms with van der Waals surface area (Å²) in [7, 11) is -43.0. The normalized spacial score (nSPS) is 24.6. The van der Waals surface area contributed by atoms with Gasteiger partial charge in [0.25, 0.3) is 0 Å². The summed E-state index contributed by atoms with van der Waals surface area (Å²) in [6.07, 6.45) is 0. The molecule has 0 aromatic carbocycles. The first-order valence-corrected chi connectivity index (χ1v) is 67.9. The van der Waals surface area contributed by atoms with Crippen molar-refractivity contribution < 1.29 is 110 Å². The Bertz CT molecular complexity index is 2380. The predicted octanol–water partition coefficient (Wildman–Crippen LogP) is 14.9. The van der Waals surface area contributed by atoms with Crippen molar-refractivity contribution in [2.24, 2.45) is 0 Å². The molecular formula is C55H118O17SSi16V2-. The van der Waals surface area contributed by atoms with E-state index in [1.54, 1.807) is 86.8 Å². The molecule has 91 heavy (non-hydrogen) atoms. The molecule has 8 unspecified atom stereocenters. The average Bonchev–Trinajstić information content (AvgIpc) is 0.741. The Hall–Kier alpha value is 0.409. The molecule has 0 aliphatic carbocycles. The van der Waals surface area contributed by atoms with Crippen LogP contribution in [-0.4, -0.2) is 178 Å². The van der Waals surface area contributed by atoms with Gasteiger partial charge in [-0.15, -0.1) is 104 Å². The second-order valence-electron chi connectivity index (χ2n) is 23.5. The minimum Gasteiger partial charge on any atom is -0.430 e. The zero-order chi connectivity index (χ0) is 71.8. The first-order chi connectivity index (χ1) is 41.1. The van der Waals surface area contributed by atoms with Crippen molar-refractivity contribution in [3.05, 3.63) is 191 Å². The smallest absolute Gasteiger partial charge is 0.430 e. The van der Waals surface area contributed by atoms with Crippen LogP contribution in [0.2, 0.25) is 117 Å². The molecular weight excluding hydrogens is 1520 g/mol. The van der Waals surface area contributed by atoms with Crippen LogP contribution in [-0.2, 0) is 109 Å². The van der Waals surface area contributed by atoms with Crippen molar-refractivity contribution in [1.29, 1.82) is 0 Å². The van der Waals surface area contributed by atoms with Crippen LogP contribution in [0.4, 0.5) is 0 Å². The van der Waals surface area contributed by atoms with Gasteiger partial charge >= 0.3 is 86.8 Å². The van der Waals surface area contributed by atoms with Crippen molar-refractivity contribution in [2.75, 3.05) is 41.3 Å². The van der Waals surface area contributed by atoms with Gasteiger partial charge in [-0.2, -0.15) is 0 Å². The van der Waals surface area contributed by atoms with Gasteiger partial charge in [0, 0.05) is 81.5 Å². The molecule has 0 N–H and O–H groups in total.